The minimum atomic E-state index is -0.394. The molecule has 32 heavy (non-hydrogen) atoms. The Morgan fingerprint density at radius 1 is 1.06 bits per heavy atom. The Balaban J connectivity index is 1.36. The number of imide groups is 1. The summed E-state index contributed by atoms with van der Waals surface area (Å²) in [5.41, 5.74) is 1.75. The van der Waals surface area contributed by atoms with Crippen molar-refractivity contribution in [2.75, 3.05) is 46.5 Å². The van der Waals surface area contributed by atoms with Gasteiger partial charge in [-0.2, -0.15) is 0 Å². The third-order valence-electron chi connectivity index (χ3n) is 5.75. The van der Waals surface area contributed by atoms with E-state index in [1.165, 1.54) is 11.0 Å². The Kier molecular flexibility index (Phi) is 6.82. The van der Waals surface area contributed by atoms with Gasteiger partial charge in [-0.25, -0.2) is 0 Å². The summed E-state index contributed by atoms with van der Waals surface area (Å²) in [4.78, 5) is 41.7. The molecule has 3 amide bonds. The molecule has 0 spiro atoms. The highest BCUT2D eigenvalue weighted by molar-refractivity contribution is 6.22. The molecule has 2 aromatic carbocycles. The number of morpholine rings is 1. The molecule has 2 aliphatic heterocycles. The van der Waals surface area contributed by atoms with E-state index in [1.54, 1.807) is 31.4 Å². The van der Waals surface area contributed by atoms with E-state index in [4.69, 9.17) is 9.47 Å². The van der Waals surface area contributed by atoms with Crippen molar-refractivity contribution in [2.45, 2.75) is 13.0 Å². The Morgan fingerprint density at radius 3 is 2.62 bits per heavy atom. The van der Waals surface area contributed by atoms with Crippen molar-refractivity contribution in [2.24, 2.45) is 0 Å². The summed E-state index contributed by atoms with van der Waals surface area (Å²) in [6, 6.07) is 11.9. The number of amides is 3. The number of fused-ring (bicyclic) bond motifs is 1. The van der Waals surface area contributed by atoms with Crippen molar-refractivity contribution in [1.29, 1.82) is 0 Å². The van der Waals surface area contributed by atoms with Crippen LogP contribution in [-0.2, 0) is 11.3 Å². The molecule has 0 unspecified atom stereocenters. The number of hydrogen-bond acceptors (Lipinski definition) is 6. The number of carbonyl (C=O) groups excluding carboxylic acids is 3. The first kappa shape index (κ1) is 22.0. The number of nitrogens with zero attached hydrogens (tertiary/aromatic N) is 2. The molecule has 0 aliphatic carbocycles. The number of methoxy groups -OCH3 is 1. The minimum absolute atomic E-state index is 0.145. The first-order valence-electron chi connectivity index (χ1n) is 10.8. The van der Waals surface area contributed by atoms with E-state index in [1.807, 2.05) is 12.1 Å². The van der Waals surface area contributed by atoms with Gasteiger partial charge < -0.3 is 14.8 Å². The second kappa shape index (κ2) is 9.93. The number of benzene rings is 2. The summed E-state index contributed by atoms with van der Waals surface area (Å²) in [5.74, 6) is -0.340. The van der Waals surface area contributed by atoms with Crippen LogP contribution in [-0.4, -0.2) is 74.0 Å². The average molecular weight is 437 g/mol. The fourth-order valence-electron chi connectivity index (χ4n) is 3.96. The monoisotopic (exact) mass is 437 g/mol. The minimum Gasteiger partial charge on any atom is -0.497 e. The van der Waals surface area contributed by atoms with Crippen LogP contribution in [0, 0.1) is 0 Å². The summed E-state index contributed by atoms with van der Waals surface area (Å²) in [6.45, 7) is 4.93. The van der Waals surface area contributed by atoms with Gasteiger partial charge >= 0.3 is 0 Å². The van der Waals surface area contributed by atoms with Crippen molar-refractivity contribution in [3.05, 3.63) is 64.7 Å². The highest BCUT2D eigenvalue weighted by Gasteiger charge is 2.36. The number of nitrogens with one attached hydrogen (secondary N) is 1. The predicted molar refractivity (Wildman–Crippen MR) is 118 cm³/mol. The highest BCUT2D eigenvalue weighted by Crippen LogP contribution is 2.26. The van der Waals surface area contributed by atoms with E-state index in [0.29, 0.717) is 23.4 Å². The van der Waals surface area contributed by atoms with E-state index in [2.05, 4.69) is 10.2 Å². The summed E-state index contributed by atoms with van der Waals surface area (Å²) in [6.07, 6.45) is 0.836. The van der Waals surface area contributed by atoms with Gasteiger partial charge in [-0.3, -0.25) is 24.2 Å². The molecule has 0 radical (unpaired) electrons. The summed E-state index contributed by atoms with van der Waals surface area (Å²) in [5, 5.41) is 2.90. The lowest BCUT2D eigenvalue weighted by Gasteiger charge is -2.26. The normalized spacial score (nSPS) is 16.2. The van der Waals surface area contributed by atoms with Gasteiger partial charge in [0, 0.05) is 25.2 Å². The molecule has 2 aromatic rings. The SMILES string of the molecule is COc1cccc(CN2C(=O)c3ccc(C(=O)NCCCN4CCOCC4)cc3C2=O)c1. The first-order chi connectivity index (χ1) is 15.6. The van der Waals surface area contributed by atoms with Crippen LogP contribution in [0.25, 0.3) is 0 Å². The Hall–Kier alpha value is -3.23. The molecule has 1 N–H and O–H groups in total. The molecule has 2 aliphatic rings. The van der Waals surface area contributed by atoms with Crippen molar-refractivity contribution >= 4 is 17.7 Å². The third kappa shape index (κ3) is 4.81. The number of rotatable bonds is 8. The maximum Gasteiger partial charge on any atom is 0.261 e. The second-order valence-corrected chi connectivity index (χ2v) is 7.87. The van der Waals surface area contributed by atoms with Gasteiger partial charge in [0.15, 0.2) is 0 Å². The number of ether oxygens (including phenoxy) is 2. The molecule has 4 rings (SSSR count). The van der Waals surface area contributed by atoms with Gasteiger partial charge in [0.1, 0.15) is 5.75 Å². The van der Waals surface area contributed by atoms with Gasteiger partial charge in [-0.15, -0.1) is 0 Å². The van der Waals surface area contributed by atoms with Crippen LogP contribution in [0.3, 0.4) is 0 Å². The van der Waals surface area contributed by atoms with Crippen LogP contribution in [0.1, 0.15) is 43.1 Å². The van der Waals surface area contributed by atoms with E-state index in [0.717, 1.165) is 44.8 Å². The van der Waals surface area contributed by atoms with Crippen LogP contribution in [0.2, 0.25) is 0 Å². The second-order valence-electron chi connectivity index (χ2n) is 7.87. The van der Waals surface area contributed by atoms with E-state index < -0.39 is 5.91 Å². The van der Waals surface area contributed by atoms with Crippen molar-refractivity contribution < 1.29 is 23.9 Å². The highest BCUT2D eigenvalue weighted by atomic mass is 16.5. The van der Waals surface area contributed by atoms with Gasteiger partial charge in [-0.05, 0) is 48.9 Å². The fraction of sp³-hybridized carbons (Fsp3) is 0.375. The predicted octanol–water partition coefficient (Wildman–Crippen LogP) is 1.94. The van der Waals surface area contributed by atoms with Crippen LogP contribution < -0.4 is 10.1 Å². The molecular formula is C24H27N3O5. The Labute approximate surface area is 187 Å². The number of carbonyl (C=O) groups is 3. The summed E-state index contributed by atoms with van der Waals surface area (Å²) in [7, 11) is 1.57. The van der Waals surface area contributed by atoms with E-state index >= 15 is 0 Å². The molecule has 0 bridgehead atoms. The summed E-state index contributed by atoms with van der Waals surface area (Å²) < 4.78 is 10.5. The van der Waals surface area contributed by atoms with E-state index in [9.17, 15) is 14.4 Å². The Morgan fingerprint density at radius 2 is 1.84 bits per heavy atom. The van der Waals surface area contributed by atoms with Crippen molar-refractivity contribution in [3.63, 3.8) is 0 Å². The molecule has 1 fully saturated rings. The summed E-state index contributed by atoms with van der Waals surface area (Å²) >= 11 is 0. The molecule has 2 heterocycles. The van der Waals surface area contributed by atoms with Gasteiger partial charge in [0.2, 0.25) is 0 Å². The van der Waals surface area contributed by atoms with Crippen LogP contribution in [0.15, 0.2) is 42.5 Å². The van der Waals surface area contributed by atoms with Crippen LogP contribution in [0.5, 0.6) is 5.75 Å². The third-order valence-corrected chi connectivity index (χ3v) is 5.75. The smallest absolute Gasteiger partial charge is 0.261 e. The molecular weight excluding hydrogens is 410 g/mol. The zero-order chi connectivity index (χ0) is 22.5. The molecule has 0 atom stereocenters. The zero-order valence-corrected chi connectivity index (χ0v) is 18.1. The number of hydrogen-bond donors (Lipinski definition) is 1. The topological polar surface area (TPSA) is 88.2 Å². The molecule has 0 aromatic heterocycles. The maximum absolute atomic E-state index is 12.9. The van der Waals surface area contributed by atoms with Gasteiger partial charge in [-0.1, -0.05) is 12.1 Å². The largest absolute Gasteiger partial charge is 0.497 e. The zero-order valence-electron chi connectivity index (χ0n) is 18.1. The van der Waals surface area contributed by atoms with Crippen molar-refractivity contribution in [3.8, 4) is 5.75 Å². The van der Waals surface area contributed by atoms with Crippen LogP contribution in [0.4, 0.5) is 0 Å². The van der Waals surface area contributed by atoms with Gasteiger partial charge in [0.25, 0.3) is 17.7 Å². The molecule has 8 nitrogen and oxygen atoms in total. The maximum atomic E-state index is 12.9. The van der Waals surface area contributed by atoms with Crippen LogP contribution >= 0.6 is 0 Å². The molecule has 0 saturated carbocycles. The van der Waals surface area contributed by atoms with E-state index in [-0.39, 0.29) is 23.9 Å². The lowest BCUT2D eigenvalue weighted by atomic mass is 10.1. The lowest BCUT2D eigenvalue weighted by molar-refractivity contribution is 0.0374. The molecule has 168 valence electrons. The standard InChI is InChI=1S/C24H27N3O5/c1-31-19-5-2-4-17(14-19)16-27-23(29)20-7-6-18(15-21(20)24(27)30)22(28)25-8-3-9-26-10-12-32-13-11-26/h2,4-7,14-15H,3,8-13,16H2,1H3,(H,25,28). The average Bonchev–Trinajstić information content (AvgIpc) is 3.06. The first-order valence-corrected chi connectivity index (χ1v) is 10.8. The fourth-order valence-corrected chi connectivity index (χ4v) is 3.96. The molecule has 1 saturated heterocycles. The molecule has 8 heteroatoms. The lowest BCUT2D eigenvalue weighted by Crippen LogP contribution is -2.38. The quantitative estimate of drug-likeness (QED) is 0.502. The van der Waals surface area contributed by atoms with Gasteiger partial charge in [0.05, 0.1) is 38.0 Å². The Bertz CT molecular complexity index is 1020. The van der Waals surface area contributed by atoms with Crippen molar-refractivity contribution in [1.82, 2.24) is 15.1 Å².